The summed E-state index contributed by atoms with van der Waals surface area (Å²) in [6.07, 6.45) is 9.93. The zero-order valence-corrected chi connectivity index (χ0v) is 10.4. The highest BCUT2D eigenvalue weighted by Gasteiger charge is 2.17. The second-order valence-electron chi connectivity index (χ2n) is 4.90. The summed E-state index contributed by atoms with van der Waals surface area (Å²) in [5.74, 6) is 2.23. The Bertz CT molecular complexity index is 331. The minimum atomic E-state index is 0.0352. The highest BCUT2D eigenvalue weighted by molar-refractivity contribution is 5.14. The number of hydrogen-bond donors (Lipinski definition) is 1. The summed E-state index contributed by atoms with van der Waals surface area (Å²) < 4.78 is 5.46. The fraction of sp³-hybridized carbons (Fsp3) is 0.692. The zero-order chi connectivity index (χ0) is 12.1. The Morgan fingerprint density at radius 1 is 1.29 bits per heavy atom. The summed E-state index contributed by atoms with van der Waals surface area (Å²) in [4.78, 5) is 8.81. The Morgan fingerprint density at radius 2 is 1.94 bits per heavy atom. The first kappa shape index (κ1) is 12.3. The van der Waals surface area contributed by atoms with Crippen molar-refractivity contribution < 1.29 is 4.74 Å². The summed E-state index contributed by atoms with van der Waals surface area (Å²) in [6.45, 7) is 2.42. The molecule has 2 N–H and O–H groups in total. The molecule has 4 heteroatoms. The number of hydrogen-bond acceptors (Lipinski definition) is 4. The number of rotatable bonds is 4. The maximum atomic E-state index is 5.62. The molecule has 0 spiro atoms. The van der Waals surface area contributed by atoms with Crippen molar-refractivity contribution in [3.8, 4) is 5.75 Å². The van der Waals surface area contributed by atoms with Crippen molar-refractivity contribution >= 4 is 0 Å². The third-order valence-electron chi connectivity index (χ3n) is 3.13. The Labute approximate surface area is 103 Å². The van der Waals surface area contributed by atoms with Crippen molar-refractivity contribution in [1.29, 1.82) is 0 Å². The summed E-state index contributed by atoms with van der Waals surface area (Å²) in [5.41, 5.74) is 5.62. The van der Waals surface area contributed by atoms with Gasteiger partial charge in [-0.25, -0.2) is 9.97 Å². The number of nitrogens with two attached hydrogens (primary N) is 1. The van der Waals surface area contributed by atoms with Gasteiger partial charge in [0.1, 0.15) is 12.4 Å². The van der Waals surface area contributed by atoms with Crippen LogP contribution in [0, 0.1) is 0 Å². The van der Waals surface area contributed by atoms with Crippen LogP contribution in [0.2, 0.25) is 0 Å². The number of nitrogens with zero attached hydrogens (tertiary/aromatic N) is 2. The Balaban J connectivity index is 1.92. The van der Waals surface area contributed by atoms with E-state index in [0.29, 0.717) is 18.3 Å². The quantitative estimate of drug-likeness (QED) is 0.869. The average molecular weight is 235 g/mol. The van der Waals surface area contributed by atoms with Gasteiger partial charge in [-0.3, -0.25) is 0 Å². The van der Waals surface area contributed by atoms with Crippen LogP contribution in [0.1, 0.15) is 50.8 Å². The molecule has 0 amide bonds. The average Bonchev–Trinajstić information content (AvgIpc) is 2.38. The molecule has 94 valence electrons. The van der Waals surface area contributed by atoms with E-state index >= 15 is 0 Å². The van der Waals surface area contributed by atoms with Gasteiger partial charge in [0.15, 0.2) is 5.75 Å². The first-order chi connectivity index (χ1) is 8.25. The van der Waals surface area contributed by atoms with E-state index < -0.39 is 0 Å². The van der Waals surface area contributed by atoms with Gasteiger partial charge in [0.25, 0.3) is 0 Å². The molecule has 1 aliphatic carbocycles. The third-order valence-corrected chi connectivity index (χ3v) is 3.13. The van der Waals surface area contributed by atoms with Crippen molar-refractivity contribution in [3.05, 3.63) is 18.2 Å². The molecule has 0 bridgehead atoms. The topological polar surface area (TPSA) is 61.0 Å². The minimum absolute atomic E-state index is 0.0352. The summed E-state index contributed by atoms with van der Waals surface area (Å²) in [7, 11) is 0. The van der Waals surface area contributed by atoms with Crippen LogP contribution in [0.5, 0.6) is 5.75 Å². The van der Waals surface area contributed by atoms with Crippen LogP contribution < -0.4 is 10.5 Å². The first-order valence-electron chi connectivity index (χ1n) is 6.46. The van der Waals surface area contributed by atoms with Gasteiger partial charge < -0.3 is 10.5 Å². The van der Waals surface area contributed by atoms with Crippen molar-refractivity contribution in [2.75, 3.05) is 6.61 Å². The van der Waals surface area contributed by atoms with Gasteiger partial charge in [-0.05, 0) is 19.8 Å². The maximum absolute atomic E-state index is 5.62. The first-order valence-corrected chi connectivity index (χ1v) is 6.46. The lowest BCUT2D eigenvalue weighted by atomic mass is 9.89. The molecule has 0 aliphatic heterocycles. The zero-order valence-electron chi connectivity index (χ0n) is 10.4. The van der Waals surface area contributed by atoms with E-state index in [-0.39, 0.29) is 6.04 Å². The van der Waals surface area contributed by atoms with Gasteiger partial charge in [0.2, 0.25) is 0 Å². The monoisotopic (exact) mass is 235 g/mol. The van der Waals surface area contributed by atoms with E-state index in [0.717, 1.165) is 5.82 Å². The van der Waals surface area contributed by atoms with Crippen LogP contribution in [-0.2, 0) is 0 Å². The Hall–Kier alpha value is -1.16. The van der Waals surface area contributed by atoms with Crippen LogP contribution in [0.15, 0.2) is 12.4 Å². The van der Waals surface area contributed by atoms with E-state index in [1.165, 1.54) is 32.1 Å². The number of aromatic nitrogens is 2. The molecule has 17 heavy (non-hydrogen) atoms. The smallest absolute Gasteiger partial charge is 0.155 e. The minimum Gasteiger partial charge on any atom is -0.489 e. The highest BCUT2D eigenvalue weighted by atomic mass is 16.5. The second-order valence-corrected chi connectivity index (χ2v) is 4.90. The lowest BCUT2D eigenvalue weighted by molar-refractivity contribution is 0.293. The van der Waals surface area contributed by atoms with E-state index in [1.54, 1.807) is 12.4 Å². The molecule has 1 fully saturated rings. The molecule has 4 nitrogen and oxygen atoms in total. The molecular formula is C13H21N3O. The van der Waals surface area contributed by atoms with Crippen LogP contribution in [0.4, 0.5) is 0 Å². The molecule has 2 rings (SSSR count). The molecule has 1 aromatic heterocycles. The largest absolute Gasteiger partial charge is 0.489 e. The predicted molar refractivity (Wildman–Crippen MR) is 67.0 cm³/mol. The van der Waals surface area contributed by atoms with Crippen LogP contribution in [0.25, 0.3) is 0 Å². The highest BCUT2D eigenvalue weighted by Crippen LogP contribution is 2.30. The number of ether oxygens (including phenoxy) is 1. The van der Waals surface area contributed by atoms with Crippen LogP contribution >= 0.6 is 0 Å². The van der Waals surface area contributed by atoms with Gasteiger partial charge in [-0.1, -0.05) is 19.3 Å². The van der Waals surface area contributed by atoms with Gasteiger partial charge in [0, 0.05) is 12.0 Å². The molecule has 1 aromatic rings. The summed E-state index contributed by atoms with van der Waals surface area (Å²) in [5, 5.41) is 0. The second kappa shape index (κ2) is 5.96. The normalized spacial score (nSPS) is 18.9. The molecule has 1 aliphatic rings. The van der Waals surface area contributed by atoms with Gasteiger partial charge in [-0.15, -0.1) is 0 Å². The van der Waals surface area contributed by atoms with Crippen molar-refractivity contribution in [1.82, 2.24) is 9.97 Å². The van der Waals surface area contributed by atoms with E-state index in [4.69, 9.17) is 10.5 Å². The molecule has 0 radical (unpaired) electrons. The fourth-order valence-corrected chi connectivity index (χ4v) is 2.20. The Kier molecular flexibility index (Phi) is 4.31. The molecule has 1 unspecified atom stereocenters. The molecule has 1 heterocycles. The van der Waals surface area contributed by atoms with Gasteiger partial charge in [0.05, 0.1) is 12.4 Å². The Morgan fingerprint density at radius 3 is 2.53 bits per heavy atom. The summed E-state index contributed by atoms with van der Waals surface area (Å²) >= 11 is 0. The molecule has 0 aromatic carbocycles. The maximum Gasteiger partial charge on any atom is 0.155 e. The third kappa shape index (κ3) is 3.66. The fourth-order valence-electron chi connectivity index (χ4n) is 2.20. The van der Waals surface area contributed by atoms with Crippen molar-refractivity contribution in [2.45, 2.75) is 51.0 Å². The molecule has 1 atom stereocenters. The van der Waals surface area contributed by atoms with E-state index in [2.05, 4.69) is 9.97 Å². The van der Waals surface area contributed by atoms with Crippen LogP contribution in [-0.4, -0.2) is 22.6 Å². The lowest BCUT2D eigenvalue weighted by Crippen LogP contribution is -2.23. The van der Waals surface area contributed by atoms with E-state index in [1.807, 2.05) is 6.92 Å². The lowest BCUT2D eigenvalue weighted by Gasteiger charge is -2.20. The van der Waals surface area contributed by atoms with Crippen molar-refractivity contribution in [2.24, 2.45) is 5.73 Å². The molecule has 0 saturated heterocycles. The van der Waals surface area contributed by atoms with Gasteiger partial charge >= 0.3 is 0 Å². The molecule has 1 saturated carbocycles. The standard InChI is InChI=1S/C13H21N3O/c1-10(14)9-17-12-7-15-13(16-8-12)11-5-3-2-4-6-11/h7-8,10-11H,2-6,9,14H2,1H3. The predicted octanol–water partition coefficient (Wildman–Crippen LogP) is 2.25. The SMILES string of the molecule is CC(N)COc1cnc(C2CCCCC2)nc1. The van der Waals surface area contributed by atoms with E-state index in [9.17, 15) is 0 Å². The van der Waals surface area contributed by atoms with Crippen molar-refractivity contribution in [3.63, 3.8) is 0 Å². The summed E-state index contributed by atoms with van der Waals surface area (Å²) in [6, 6.07) is 0.0352. The molecular weight excluding hydrogens is 214 g/mol. The van der Waals surface area contributed by atoms with Crippen LogP contribution in [0.3, 0.4) is 0 Å². The van der Waals surface area contributed by atoms with Gasteiger partial charge in [-0.2, -0.15) is 0 Å².